The van der Waals surface area contributed by atoms with Crippen molar-refractivity contribution in [3.05, 3.63) is 12.2 Å². The minimum Gasteiger partial charge on any atom is -0.343 e. The molecule has 0 atom stereocenters. The zero-order valence-electron chi connectivity index (χ0n) is 9.06. The Morgan fingerprint density at radius 1 is 1.53 bits per heavy atom. The molecular formula is C9H16N4O2. The highest BCUT2D eigenvalue weighted by atomic mass is 16.5. The van der Waals surface area contributed by atoms with Crippen molar-refractivity contribution < 1.29 is 9.32 Å². The molecule has 0 spiro atoms. The smallest absolute Gasteiger partial charge is 0.236 e. The van der Waals surface area contributed by atoms with Gasteiger partial charge in [-0.3, -0.25) is 4.79 Å². The van der Waals surface area contributed by atoms with Crippen molar-refractivity contribution in [3.8, 4) is 0 Å². The first-order chi connectivity index (χ1) is 7.27. The van der Waals surface area contributed by atoms with Gasteiger partial charge in [0.1, 0.15) is 0 Å². The summed E-state index contributed by atoms with van der Waals surface area (Å²) in [6.07, 6.45) is 1.27. The molecule has 0 aliphatic heterocycles. The fourth-order valence-corrected chi connectivity index (χ4v) is 1.24. The Bertz CT molecular complexity index is 282. The van der Waals surface area contributed by atoms with E-state index >= 15 is 0 Å². The molecule has 0 aliphatic carbocycles. The van der Waals surface area contributed by atoms with Gasteiger partial charge in [0.15, 0.2) is 5.82 Å². The summed E-state index contributed by atoms with van der Waals surface area (Å²) in [5.41, 5.74) is 0. The van der Waals surface area contributed by atoms with Gasteiger partial charge in [-0.25, -0.2) is 0 Å². The van der Waals surface area contributed by atoms with Gasteiger partial charge in [-0.2, -0.15) is 4.98 Å². The zero-order chi connectivity index (χ0) is 11.1. The van der Waals surface area contributed by atoms with Crippen molar-refractivity contribution in [1.82, 2.24) is 20.4 Å². The fourth-order valence-electron chi connectivity index (χ4n) is 1.24. The van der Waals surface area contributed by atoms with Crippen molar-refractivity contribution in [3.63, 3.8) is 0 Å². The van der Waals surface area contributed by atoms with Gasteiger partial charge in [-0.05, 0) is 13.8 Å². The summed E-state index contributed by atoms with van der Waals surface area (Å²) in [5, 5.41) is 6.59. The lowest BCUT2D eigenvalue weighted by Gasteiger charge is -2.18. The van der Waals surface area contributed by atoms with Crippen molar-refractivity contribution in [1.29, 1.82) is 0 Å². The molecule has 0 aliphatic rings. The van der Waals surface area contributed by atoms with Crippen LogP contribution in [0.5, 0.6) is 0 Å². The predicted molar refractivity (Wildman–Crippen MR) is 53.9 cm³/mol. The van der Waals surface area contributed by atoms with Gasteiger partial charge in [-0.1, -0.05) is 5.16 Å². The van der Waals surface area contributed by atoms with Crippen LogP contribution in [0.1, 0.15) is 19.7 Å². The summed E-state index contributed by atoms with van der Waals surface area (Å²) in [5.74, 6) is 0.644. The molecule has 0 saturated heterocycles. The number of hydrogen-bond acceptors (Lipinski definition) is 5. The number of carbonyl (C=O) groups excluding carboxylic acids is 1. The fraction of sp³-hybridized carbons (Fsp3) is 0.667. The van der Waals surface area contributed by atoms with Crippen LogP contribution in [0.3, 0.4) is 0 Å². The predicted octanol–water partition coefficient (Wildman–Crippen LogP) is 0.0276. The van der Waals surface area contributed by atoms with Crippen LogP contribution < -0.4 is 5.32 Å². The topological polar surface area (TPSA) is 71.3 Å². The number of rotatable bonds is 6. The number of hydrogen-bond donors (Lipinski definition) is 1. The van der Waals surface area contributed by atoms with Gasteiger partial charge in [-0.15, -0.1) is 0 Å². The minimum absolute atomic E-state index is 0.0866. The number of carbonyl (C=O) groups is 1. The molecule has 1 N–H and O–H groups in total. The van der Waals surface area contributed by atoms with E-state index in [1.807, 2.05) is 13.8 Å². The summed E-state index contributed by atoms with van der Waals surface area (Å²) in [4.78, 5) is 17.1. The first-order valence-corrected chi connectivity index (χ1v) is 5.01. The normalized spacial score (nSPS) is 10.3. The van der Waals surface area contributed by atoms with E-state index in [1.165, 1.54) is 6.39 Å². The quantitative estimate of drug-likeness (QED) is 0.720. The first kappa shape index (κ1) is 11.6. The Labute approximate surface area is 88.6 Å². The van der Waals surface area contributed by atoms with Crippen LogP contribution in [-0.2, 0) is 11.3 Å². The number of aromatic nitrogens is 2. The molecule has 1 aromatic heterocycles. The molecule has 0 unspecified atom stereocenters. The van der Waals surface area contributed by atoms with Crippen LogP contribution in [0.25, 0.3) is 0 Å². The van der Waals surface area contributed by atoms with Crippen LogP contribution in [0, 0.1) is 0 Å². The molecule has 0 bridgehead atoms. The molecule has 84 valence electrons. The van der Waals surface area contributed by atoms with E-state index in [9.17, 15) is 4.79 Å². The highest BCUT2D eigenvalue weighted by Gasteiger charge is 2.08. The average molecular weight is 212 g/mol. The number of nitrogens with zero attached hydrogens (tertiary/aromatic N) is 3. The third kappa shape index (κ3) is 3.67. The van der Waals surface area contributed by atoms with E-state index in [2.05, 4.69) is 20.0 Å². The molecule has 1 heterocycles. The van der Waals surface area contributed by atoms with Crippen molar-refractivity contribution in [2.75, 3.05) is 19.6 Å². The molecule has 15 heavy (non-hydrogen) atoms. The lowest BCUT2D eigenvalue weighted by molar-refractivity contribution is -0.129. The molecule has 0 aromatic carbocycles. The largest absolute Gasteiger partial charge is 0.343 e. The Balaban J connectivity index is 2.22. The Morgan fingerprint density at radius 3 is 2.80 bits per heavy atom. The van der Waals surface area contributed by atoms with Crippen LogP contribution in [-0.4, -0.2) is 40.6 Å². The summed E-state index contributed by atoms with van der Waals surface area (Å²) in [6, 6.07) is 0. The molecule has 0 saturated carbocycles. The molecule has 1 aromatic rings. The maximum atomic E-state index is 11.5. The van der Waals surface area contributed by atoms with Gasteiger partial charge in [0, 0.05) is 13.1 Å². The molecule has 0 radical (unpaired) electrons. The van der Waals surface area contributed by atoms with Crippen molar-refractivity contribution >= 4 is 5.91 Å². The molecule has 1 amide bonds. The van der Waals surface area contributed by atoms with Gasteiger partial charge in [0.25, 0.3) is 0 Å². The summed E-state index contributed by atoms with van der Waals surface area (Å²) in [6.45, 7) is 6.14. The monoisotopic (exact) mass is 212 g/mol. The zero-order valence-corrected chi connectivity index (χ0v) is 9.06. The Kier molecular flexibility index (Phi) is 4.76. The standard InChI is InChI=1S/C9H16N4O2/c1-3-13(4-2)9(14)6-10-5-8-11-7-15-12-8/h7,10H,3-6H2,1-2H3. The highest BCUT2D eigenvalue weighted by molar-refractivity contribution is 5.78. The van der Waals surface area contributed by atoms with Crippen LogP contribution in [0.2, 0.25) is 0 Å². The number of likely N-dealkylation sites (N-methyl/N-ethyl adjacent to an activating group) is 1. The molecule has 0 fully saturated rings. The van der Waals surface area contributed by atoms with Gasteiger partial charge < -0.3 is 14.7 Å². The average Bonchev–Trinajstić information content (AvgIpc) is 2.72. The molecule has 6 heteroatoms. The SMILES string of the molecule is CCN(CC)C(=O)CNCc1ncon1. The Hall–Kier alpha value is -1.43. The van der Waals surface area contributed by atoms with E-state index in [0.29, 0.717) is 18.9 Å². The van der Waals surface area contributed by atoms with E-state index in [0.717, 1.165) is 13.1 Å². The second-order valence-electron chi connectivity index (χ2n) is 3.02. The van der Waals surface area contributed by atoms with E-state index < -0.39 is 0 Å². The summed E-state index contributed by atoms with van der Waals surface area (Å²) < 4.78 is 4.57. The van der Waals surface area contributed by atoms with E-state index in [4.69, 9.17) is 0 Å². The van der Waals surface area contributed by atoms with Gasteiger partial charge >= 0.3 is 0 Å². The third-order valence-corrected chi connectivity index (χ3v) is 2.08. The second-order valence-corrected chi connectivity index (χ2v) is 3.02. The van der Waals surface area contributed by atoms with Crippen molar-refractivity contribution in [2.45, 2.75) is 20.4 Å². The van der Waals surface area contributed by atoms with Gasteiger partial charge in [0.2, 0.25) is 12.3 Å². The molecule has 6 nitrogen and oxygen atoms in total. The minimum atomic E-state index is 0.0866. The number of nitrogens with one attached hydrogen (secondary N) is 1. The maximum Gasteiger partial charge on any atom is 0.236 e. The van der Waals surface area contributed by atoms with E-state index in [1.54, 1.807) is 4.90 Å². The van der Waals surface area contributed by atoms with Crippen LogP contribution >= 0.6 is 0 Å². The summed E-state index contributed by atoms with van der Waals surface area (Å²) >= 11 is 0. The number of amides is 1. The Morgan fingerprint density at radius 2 is 2.27 bits per heavy atom. The maximum absolute atomic E-state index is 11.5. The van der Waals surface area contributed by atoms with Crippen LogP contribution in [0.15, 0.2) is 10.9 Å². The van der Waals surface area contributed by atoms with Crippen LogP contribution in [0.4, 0.5) is 0 Å². The molecule has 1 rings (SSSR count). The second kappa shape index (κ2) is 6.13. The lowest BCUT2D eigenvalue weighted by Crippen LogP contribution is -2.37. The third-order valence-electron chi connectivity index (χ3n) is 2.08. The van der Waals surface area contributed by atoms with Crippen molar-refractivity contribution in [2.24, 2.45) is 0 Å². The first-order valence-electron chi connectivity index (χ1n) is 5.01. The molecular weight excluding hydrogens is 196 g/mol. The highest BCUT2D eigenvalue weighted by Crippen LogP contribution is 1.89. The lowest BCUT2D eigenvalue weighted by atomic mass is 10.4. The summed E-state index contributed by atoms with van der Waals surface area (Å²) in [7, 11) is 0. The van der Waals surface area contributed by atoms with Gasteiger partial charge in [0.05, 0.1) is 13.1 Å². The van der Waals surface area contributed by atoms with E-state index in [-0.39, 0.29) is 5.91 Å².